The molecule has 1 heterocycles. The molecule has 7 nitrogen and oxygen atoms in total. The van der Waals surface area contributed by atoms with Crippen molar-refractivity contribution < 1.29 is 9.59 Å². The quantitative estimate of drug-likeness (QED) is 0.595. The zero-order valence-corrected chi connectivity index (χ0v) is 18.6. The molecule has 3 amide bonds. The van der Waals surface area contributed by atoms with E-state index in [0.717, 1.165) is 54.7 Å². The first-order valence-electron chi connectivity index (χ1n) is 12.0. The highest BCUT2D eigenvalue weighted by molar-refractivity contribution is 5.78. The van der Waals surface area contributed by atoms with Crippen molar-refractivity contribution in [2.45, 2.75) is 56.9 Å². The minimum Gasteiger partial charge on any atom is -0.356 e. The lowest BCUT2D eigenvalue weighted by molar-refractivity contribution is -0.120. The van der Waals surface area contributed by atoms with Crippen molar-refractivity contribution in [3.63, 3.8) is 0 Å². The van der Waals surface area contributed by atoms with Crippen molar-refractivity contribution in [1.29, 1.82) is 0 Å². The Bertz CT molecular complexity index is 902. The summed E-state index contributed by atoms with van der Waals surface area (Å²) >= 11 is 0. The number of hydrogen-bond donors (Lipinski definition) is 3. The van der Waals surface area contributed by atoms with Crippen molar-refractivity contribution in [2.24, 2.45) is 17.8 Å². The third kappa shape index (κ3) is 4.81. The Morgan fingerprint density at radius 1 is 0.969 bits per heavy atom. The van der Waals surface area contributed by atoms with Crippen molar-refractivity contribution in [1.82, 2.24) is 25.7 Å². The van der Waals surface area contributed by atoms with E-state index in [1.165, 1.54) is 19.3 Å². The molecule has 4 bridgehead atoms. The van der Waals surface area contributed by atoms with Crippen molar-refractivity contribution in [3.8, 4) is 5.69 Å². The van der Waals surface area contributed by atoms with Crippen LogP contribution in [0.1, 0.15) is 50.5 Å². The predicted molar refractivity (Wildman–Crippen MR) is 122 cm³/mol. The van der Waals surface area contributed by atoms with Gasteiger partial charge in [-0.05, 0) is 86.5 Å². The molecule has 4 aliphatic rings. The van der Waals surface area contributed by atoms with E-state index in [1.807, 2.05) is 29.1 Å². The van der Waals surface area contributed by atoms with E-state index in [2.05, 4.69) is 33.2 Å². The first-order valence-corrected chi connectivity index (χ1v) is 12.0. The van der Waals surface area contributed by atoms with Gasteiger partial charge in [0, 0.05) is 37.4 Å². The number of carbonyl (C=O) groups excluding carboxylic acids is 2. The van der Waals surface area contributed by atoms with Gasteiger partial charge in [-0.1, -0.05) is 12.1 Å². The van der Waals surface area contributed by atoms with Crippen LogP contribution in [0.5, 0.6) is 0 Å². The van der Waals surface area contributed by atoms with Crippen molar-refractivity contribution in [3.05, 3.63) is 48.3 Å². The number of carbonyl (C=O) groups is 2. The van der Waals surface area contributed by atoms with Crippen LogP contribution in [0.2, 0.25) is 0 Å². The molecule has 0 atom stereocenters. The summed E-state index contributed by atoms with van der Waals surface area (Å²) in [6.45, 7) is 0.946. The Labute approximate surface area is 189 Å². The summed E-state index contributed by atoms with van der Waals surface area (Å²) in [6, 6.07) is 9.94. The van der Waals surface area contributed by atoms with Gasteiger partial charge in [0.25, 0.3) is 0 Å². The van der Waals surface area contributed by atoms with E-state index in [9.17, 15) is 9.59 Å². The van der Waals surface area contributed by atoms with Gasteiger partial charge in [-0.3, -0.25) is 4.79 Å². The number of urea groups is 1. The standard InChI is InChI=1S/C25H33N5O2/c31-23(26-9-6-18-2-4-22(5-3-18)30-11-1-8-28-30)7-10-27-24(32)29-25-15-19-12-20(16-25)14-21(13-19)17-25/h1-5,8,11,19-21H,6-7,9-10,12-17H2,(H,26,31)(H2,27,29,32). The van der Waals surface area contributed by atoms with Crippen LogP contribution in [0.25, 0.3) is 5.69 Å². The van der Waals surface area contributed by atoms with E-state index >= 15 is 0 Å². The molecule has 0 aliphatic heterocycles. The number of benzene rings is 1. The van der Waals surface area contributed by atoms with E-state index in [4.69, 9.17) is 0 Å². The second-order valence-electron chi connectivity index (χ2n) is 10.0. The van der Waals surface area contributed by atoms with Crippen LogP contribution in [-0.2, 0) is 11.2 Å². The Kier molecular flexibility index (Phi) is 5.89. The molecule has 32 heavy (non-hydrogen) atoms. The Morgan fingerprint density at radius 3 is 2.28 bits per heavy atom. The van der Waals surface area contributed by atoms with Crippen LogP contribution in [-0.4, -0.2) is 40.3 Å². The number of nitrogens with zero attached hydrogens (tertiary/aromatic N) is 2. The van der Waals surface area contributed by atoms with Gasteiger partial charge >= 0.3 is 6.03 Å². The van der Waals surface area contributed by atoms with Gasteiger partial charge in [-0.25, -0.2) is 9.48 Å². The number of rotatable bonds is 8. The smallest absolute Gasteiger partial charge is 0.315 e. The molecule has 0 unspecified atom stereocenters. The van der Waals surface area contributed by atoms with Gasteiger partial charge in [0.2, 0.25) is 5.91 Å². The summed E-state index contributed by atoms with van der Waals surface area (Å²) in [7, 11) is 0. The number of amides is 3. The molecule has 4 aliphatic carbocycles. The minimum absolute atomic E-state index is 0.00799. The van der Waals surface area contributed by atoms with E-state index < -0.39 is 0 Å². The van der Waals surface area contributed by atoms with Crippen molar-refractivity contribution in [2.75, 3.05) is 13.1 Å². The second kappa shape index (κ2) is 8.96. The Balaban J connectivity index is 0.986. The topological polar surface area (TPSA) is 88.0 Å². The SMILES string of the molecule is O=C(CCNC(=O)NC12CC3CC(CC(C3)C1)C2)NCCc1ccc(-n2cccn2)cc1. The van der Waals surface area contributed by atoms with E-state index in [1.54, 1.807) is 6.20 Å². The fourth-order valence-electron chi connectivity index (χ4n) is 6.51. The third-order valence-corrected chi connectivity index (χ3v) is 7.50. The highest BCUT2D eigenvalue weighted by atomic mass is 16.2. The molecule has 0 spiro atoms. The molecule has 2 aromatic rings. The van der Waals surface area contributed by atoms with Gasteiger partial charge in [0.15, 0.2) is 0 Å². The number of nitrogens with one attached hydrogen (secondary N) is 3. The maximum Gasteiger partial charge on any atom is 0.315 e. The molecule has 4 saturated carbocycles. The largest absolute Gasteiger partial charge is 0.356 e. The maximum absolute atomic E-state index is 12.5. The molecule has 7 heteroatoms. The van der Waals surface area contributed by atoms with Crippen LogP contribution < -0.4 is 16.0 Å². The highest BCUT2D eigenvalue weighted by Gasteiger charge is 2.51. The molecule has 3 N–H and O–H groups in total. The van der Waals surface area contributed by atoms with Gasteiger partial charge in [0.1, 0.15) is 0 Å². The summed E-state index contributed by atoms with van der Waals surface area (Å²) in [6.07, 6.45) is 12.2. The molecule has 0 saturated heterocycles. The molecule has 0 radical (unpaired) electrons. The normalized spacial score (nSPS) is 27.8. The molecule has 1 aromatic heterocycles. The van der Waals surface area contributed by atoms with E-state index in [0.29, 0.717) is 19.5 Å². The number of hydrogen-bond acceptors (Lipinski definition) is 3. The average molecular weight is 436 g/mol. The zero-order valence-electron chi connectivity index (χ0n) is 18.6. The lowest BCUT2D eigenvalue weighted by atomic mass is 9.53. The van der Waals surface area contributed by atoms with Gasteiger partial charge in [-0.15, -0.1) is 0 Å². The average Bonchev–Trinajstić information content (AvgIpc) is 3.28. The predicted octanol–water partition coefficient (Wildman–Crippen LogP) is 3.19. The number of aromatic nitrogens is 2. The highest BCUT2D eigenvalue weighted by Crippen LogP contribution is 2.55. The molecular weight excluding hydrogens is 402 g/mol. The monoisotopic (exact) mass is 435 g/mol. The molecule has 1 aromatic carbocycles. The lowest BCUT2D eigenvalue weighted by Gasteiger charge is -2.56. The zero-order chi connectivity index (χ0) is 22.0. The Morgan fingerprint density at radius 2 is 1.66 bits per heavy atom. The Hall–Kier alpha value is -2.83. The molecule has 6 rings (SSSR count). The second-order valence-corrected chi connectivity index (χ2v) is 10.0. The minimum atomic E-state index is -0.114. The van der Waals surface area contributed by atoms with Crippen LogP contribution in [0.4, 0.5) is 4.79 Å². The van der Waals surface area contributed by atoms with Gasteiger partial charge in [-0.2, -0.15) is 5.10 Å². The van der Waals surface area contributed by atoms with E-state index in [-0.39, 0.29) is 17.5 Å². The van der Waals surface area contributed by atoms with Crippen LogP contribution in [0, 0.1) is 17.8 Å². The summed E-state index contributed by atoms with van der Waals surface area (Å²) in [5.74, 6) is 2.37. The first kappa shape index (κ1) is 21.0. The van der Waals surface area contributed by atoms with Crippen LogP contribution >= 0.6 is 0 Å². The summed E-state index contributed by atoms with van der Waals surface area (Å²) < 4.78 is 1.82. The molecule has 4 fully saturated rings. The third-order valence-electron chi connectivity index (χ3n) is 7.50. The maximum atomic E-state index is 12.5. The van der Waals surface area contributed by atoms with Gasteiger partial charge < -0.3 is 16.0 Å². The first-order chi connectivity index (χ1) is 15.6. The van der Waals surface area contributed by atoms with Crippen LogP contribution in [0.15, 0.2) is 42.7 Å². The molecule has 170 valence electrons. The van der Waals surface area contributed by atoms with Crippen molar-refractivity contribution >= 4 is 11.9 Å². The molecular formula is C25H33N5O2. The summed E-state index contributed by atoms with van der Waals surface area (Å²) in [4.78, 5) is 24.6. The summed E-state index contributed by atoms with van der Waals surface area (Å²) in [5.41, 5.74) is 2.18. The fraction of sp³-hybridized carbons (Fsp3) is 0.560. The lowest BCUT2D eigenvalue weighted by Crippen LogP contribution is -2.61. The summed E-state index contributed by atoms with van der Waals surface area (Å²) in [5, 5.41) is 13.4. The fourth-order valence-corrected chi connectivity index (χ4v) is 6.51. The van der Waals surface area contributed by atoms with Gasteiger partial charge in [0.05, 0.1) is 5.69 Å². The van der Waals surface area contributed by atoms with Crippen LogP contribution in [0.3, 0.4) is 0 Å².